The molecule has 2 heterocycles. The van der Waals surface area contributed by atoms with E-state index in [0.717, 1.165) is 12.8 Å². The molecule has 25 heavy (non-hydrogen) atoms. The summed E-state index contributed by atoms with van der Waals surface area (Å²) in [5.41, 5.74) is 0.427. The van der Waals surface area contributed by atoms with E-state index in [1.54, 1.807) is 24.3 Å². The van der Waals surface area contributed by atoms with E-state index in [-0.39, 0.29) is 29.2 Å². The maximum absolute atomic E-state index is 12.9. The molecule has 0 unspecified atom stereocenters. The van der Waals surface area contributed by atoms with Crippen molar-refractivity contribution in [2.45, 2.75) is 32.7 Å². The molecule has 0 radical (unpaired) electrons. The summed E-state index contributed by atoms with van der Waals surface area (Å²) >= 11 is 5.91. The topological polar surface area (TPSA) is 58.6 Å². The molecule has 1 aromatic carbocycles. The Morgan fingerprint density at radius 1 is 1.24 bits per heavy atom. The Morgan fingerprint density at radius 2 is 1.88 bits per heavy atom. The summed E-state index contributed by atoms with van der Waals surface area (Å²) in [6, 6.07) is 7.01. The number of likely N-dealkylation sites (tertiary alicyclic amines) is 1. The Bertz CT molecular complexity index is 639. The van der Waals surface area contributed by atoms with E-state index in [9.17, 15) is 9.59 Å². The molecule has 0 bridgehead atoms. The second kappa shape index (κ2) is 7.34. The molecule has 2 saturated heterocycles. The van der Waals surface area contributed by atoms with Crippen LogP contribution in [0.15, 0.2) is 24.3 Å². The summed E-state index contributed by atoms with van der Waals surface area (Å²) in [4.78, 5) is 27.5. The SMILES string of the molecule is CC(C)NC(=O)[C@@H]1CN(C(=O)c2ccc(Cl)cc2)CC12CCOCC2. The van der Waals surface area contributed by atoms with Crippen molar-refractivity contribution >= 4 is 23.4 Å². The lowest BCUT2D eigenvalue weighted by atomic mass is 9.71. The van der Waals surface area contributed by atoms with Crippen molar-refractivity contribution in [1.82, 2.24) is 10.2 Å². The Labute approximate surface area is 153 Å². The van der Waals surface area contributed by atoms with Crippen molar-refractivity contribution in [3.05, 3.63) is 34.9 Å². The minimum atomic E-state index is -0.185. The molecule has 1 spiro atoms. The van der Waals surface area contributed by atoms with E-state index in [0.29, 0.717) is 36.9 Å². The summed E-state index contributed by atoms with van der Waals surface area (Å²) in [6.07, 6.45) is 1.63. The molecular weight excluding hydrogens is 340 g/mol. The van der Waals surface area contributed by atoms with Gasteiger partial charge in [0.1, 0.15) is 0 Å². The number of hydrogen-bond donors (Lipinski definition) is 1. The van der Waals surface area contributed by atoms with Gasteiger partial charge in [0.15, 0.2) is 0 Å². The molecule has 0 saturated carbocycles. The minimum absolute atomic E-state index is 0.0395. The van der Waals surface area contributed by atoms with Crippen LogP contribution in [0.1, 0.15) is 37.0 Å². The van der Waals surface area contributed by atoms with E-state index in [2.05, 4.69) is 5.32 Å². The van der Waals surface area contributed by atoms with Gasteiger partial charge in [-0.1, -0.05) is 11.6 Å². The number of hydrogen-bond acceptors (Lipinski definition) is 3. The van der Waals surface area contributed by atoms with Gasteiger partial charge in [0, 0.05) is 48.3 Å². The van der Waals surface area contributed by atoms with Crippen molar-refractivity contribution < 1.29 is 14.3 Å². The zero-order valence-electron chi connectivity index (χ0n) is 14.8. The predicted molar refractivity (Wildman–Crippen MR) is 96.6 cm³/mol. The fourth-order valence-electron chi connectivity index (χ4n) is 3.93. The number of ether oxygens (including phenoxy) is 1. The summed E-state index contributed by atoms with van der Waals surface area (Å²) < 4.78 is 5.51. The largest absolute Gasteiger partial charge is 0.381 e. The third kappa shape index (κ3) is 3.82. The first-order valence-corrected chi connectivity index (χ1v) is 9.22. The van der Waals surface area contributed by atoms with Gasteiger partial charge in [-0.3, -0.25) is 9.59 Å². The molecule has 3 rings (SSSR count). The van der Waals surface area contributed by atoms with E-state index in [4.69, 9.17) is 16.3 Å². The van der Waals surface area contributed by atoms with Crippen molar-refractivity contribution in [3.8, 4) is 0 Å². The lowest BCUT2D eigenvalue weighted by Crippen LogP contribution is -2.46. The maximum Gasteiger partial charge on any atom is 0.253 e. The molecule has 6 heteroatoms. The van der Waals surface area contributed by atoms with Crippen molar-refractivity contribution in [2.24, 2.45) is 11.3 Å². The van der Waals surface area contributed by atoms with E-state index < -0.39 is 0 Å². The fraction of sp³-hybridized carbons (Fsp3) is 0.579. The third-order valence-electron chi connectivity index (χ3n) is 5.26. The monoisotopic (exact) mass is 364 g/mol. The van der Waals surface area contributed by atoms with Crippen LogP contribution >= 0.6 is 11.6 Å². The highest BCUT2D eigenvalue weighted by molar-refractivity contribution is 6.30. The Hall–Kier alpha value is -1.59. The van der Waals surface area contributed by atoms with Gasteiger partial charge in [0.05, 0.1) is 5.92 Å². The van der Waals surface area contributed by atoms with E-state index in [1.165, 1.54) is 0 Å². The number of nitrogens with zero attached hydrogens (tertiary/aromatic N) is 1. The normalized spacial score (nSPS) is 22.4. The second-order valence-electron chi connectivity index (χ2n) is 7.38. The highest BCUT2D eigenvalue weighted by atomic mass is 35.5. The van der Waals surface area contributed by atoms with Gasteiger partial charge < -0.3 is 15.0 Å². The van der Waals surface area contributed by atoms with Crippen LogP contribution in [0, 0.1) is 11.3 Å². The van der Waals surface area contributed by atoms with Crippen LogP contribution in [-0.2, 0) is 9.53 Å². The van der Waals surface area contributed by atoms with Crippen LogP contribution in [0.3, 0.4) is 0 Å². The number of nitrogens with one attached hydrogen (secondary N) is 1. The summed E-state index contributed by atoms with van der Waals surface area (Å²) in [7, 11) is 0. The number of halogens is 1. The molecule has 0 aromatic heterocycles. The lowest BCUT2D eigenvalue weighted by Gasteiger charge is -2.37. The van der Waals surface area contributed by atoms with Crippen LogP contribution in [0.25, 0.3) is 0 Å². The van der Waals surface area contributed by atoms with Crippen molar-refractivity contribution in [1.29, 1.82) is 0 Å². The molecule has 1 aromatic rings. The molecule has 2 aliphatic heterocycles. The number of carbonyl (C=O) groups is 2. The molecule has 136 valence electrons. The second-order valence-corrected chi connectivity index (χ2v) is 7.82. The number of carbonyl (C=O) groups excluding carboxylic acids is 2. The maximum atomic E-state index is 12.9. The lowest BCUT2D eigenvalue weighted by molar-refractivity contribution is -0.130. The van der Waals surface area contributed by atoms with Gasteiger partial charge >= 0.3 is 0 Å². The third-order valence-corrected chi connectivity index (χ3v) is 5.51. The van der Waals surface area contributed by atoms with Crippen molar-refractivity contribution in [2.75, 3.05) is 26.3 Å². The van der Waals surface area contributed by atoms with Crippen LogP contribution in [0.5, 0.6) is 0 Å². The summed E-state index contributed by atoms with van der Waals surface area (Å²) in [5, 5.41) is 3.63. The van der Waals surface area contributed by atoms with Crippen LogP contribution in [-0.4, -0.2) is 49.1 Å². The molecule has 5 nitrogen and oxygen atoms in total. The highest BCUT2D eigenvalue weighted by Gasteiger charge is 2.51. The van der Waals surface area contributed by atoms with Crippen LogP contribution < -0.4 is 5.32 Å². The van der Waals surface area contributed by atoms with E-state index in [1.807, 2.05) is 18.7 Å². The predicted octanol–water partition coefficient (Wildman–Crippen LogP) is 2.73. The molecule has 2 amide bonds. The molecule has 2 aliphatic rings. The fourth-order valence-corrected chi connectivity index (χ4v) is 4.06. The standard InChI is InChI=1S/C19H25ClN2O3/c1-13(2)21-17(23)16-11-22(12-19(16)7-9-25-10-8-19)18(24)14-3-5-15(20)6-4-14/h3-6,13,16H,7-12H2,1-2H3,(H,21,23)/t16-/m0/s1. The number of benzene rings is 1. The van der Waals surface area contributed by atoms with Crippen molar-refractivity contribution in [3.63, 3.8) is 0 Å². The summed E-state index contributed by atoms with van der Waals surface area (Å²) in [5.74, 6) is -0.180. The minimum Gasteiger partial charge on any atom is -0.381 e. The number of amides is 2. The zero-order valence-corrected chi connectivity index (χ0v) is 15.5. The smallest absolute Gasteiger partial charge is 0.253 e. The molecule has 0 aliphatic carbocycles. The average molecular weight is 365 g/mol. The first kappa shape index (κ1) is 18.2. The van der Waals surface area contributed by atoms with Gasteiger partial charge in [0.25, 0.3) is 5.91 Å². The quantitative estimate of drug-likeness (QED) is 0.897. The number of rotatable bonds is 3. The first-order valence-electron chi connectivity index (χ1n) is 8.84. The van der Waals surface area contributed by atoms with E-state index >= 15 is 0 Å². The molecule has 1 N–H and O–H groups in total. The summed E-state index contributed by atoms with van der Waals surface area (Å²) in [6.45, 7) is 6.27. The van der Waals surface area contributed by atoms with Crippen LogP contribution in [0.4, 0.5) is 0 Å². The first-order chi connectivity index (χ1) is 11.9. The highest BCUT2D eigenvalue weighted by Crippen LogP contribution is 2.44. The van der Waals surface area contributed by atoms with Gasteiger partial charge in [0.2, 0.25) is 5.91 Å². The van der Waals surface area contributed by atoms with Gasteiger partial charge in [-0.05, 0) is 51.0 Å². The van der Waals surface area contributed by atoms with Gasteiger partial charge in [-0.2, -0.15) is 0 Å². The zero-order chi connectivity index (χ0) is 18.0. The van der Waals surface area contributed by atoms with Gasteiger partial charge in [-0.15, -0.1) is 0 Å². The molecule has 2 fully saturated rings. The van der Waals surface area contributed by atoms with Gasteiger partial charge in [-0.25, -0.2) is 0 Å². The Kier molecular flexibility index (Phi) is 5.35. The molecule has 1 atom stereocenters. The average Bonchev–Trinajstić information content (AvgIpc) is 2.94. The Morgan fingerprint density at radius 3 is 2.48 bits per heavy atom. The molecular formula is C19H25ClN2O3. The Balaban J connectivity index is 1.82. The van der Waals surface area contributed by atoms with Crippen LogP contribution in [0.2, 0.25) is 5.02 Å².